The number of carboxylic acid groups (broad SMARTS) is 1. The molecule has 1 heterocycles. The highest BCUT2D eigenvalue weighted by molar-refractivity contribution is 5.92. The summed E-state index contributed by atoms with van der Waals surface area (Å²) in [5, 5.41) is 19.3. The number of anilines is 1. The molecule has 0 spiro atoms. The minimum absolute atomic E-state index is 0.0257. The number of rotatable bonds is 7. The highest BCUT2D eigenvalue weighted by Gasteiger charge is 2.15. The predicted molar refractivity (Wildman–Crippen MR) is 74.8 cm³/mol. The predicted octanol–water partition coefficient (Wildman–Crippen LogP) is 0.916. The van der Waals surface area contributed by atoms with E-state index in [1.54, 1.807) is 12.1 Å². The Balaban J connectivity index is 2.82. The van der Waals surface area contributed by atoms with Crippen molar-refractivity contribution in [1.29, 1.82) is 0 Å². The van der Waals surface area contributed by atoms with Crippen LogP contribution in [0.4, 0.5) is 5.82 Å². The van der Waals surface area contributed by atoms with Crippen LogP contribution in [0, 0.1) is 0 Å². The Morgan fingerprint density at radius 1 is 1.35 bits per heavy atom. The third-order valence-corrected chi connectivity index (χ3v) is 2.70. The maximum Gasteiger partial charge on any atom is 0.305 e. The molecule has 1 aromatic rings. The molecule has 0 saturated heterocycles. The second kappa shape index (κ2) is 7.42. The minimum Gasteiger partial charge on any atom is -0.481 e. The van der Waals surface area contributed by atoms with Gasteiger partial charge in [-0.2, -0.15) is 0 Å². The van der Waals surface area contributed by atoms with Gasteiger partial charge >= 0.3 is 5.97 Å². The number of hydrogen-bond donors (Lipinski definition) is 2. The molecule has 1 rings (SSSR count). The van der Waals surface area contributed by atoms with Crippen molar-refractivity contribution in [3.8, 4) is 0 Å². The molecule has 0 saturated carbocycles. The summed E-state index contributed by atoms with van der Waals surface area (Å²) >= 11 is 0. The van der Waals surface area contributed by atoms with Crippen LogP contribution in [0.25, 0.3) is 0 Å². The van der Waals surface area contributed by atoms with Crippen molar-refractivity contribution in [1.82, 2.24) is 15.5 Å². The van der Waals surface area contributed by atoms with Crippen LogP contribution in [0.15, 0.2) is 12.1 Å². The van der Waals surface area contributed by atoms with Gasteiger partial charge in [0.25, 0.3) is 5.91 Å². The number of aliphatic carboxylic acids is 1. The quantitative estimate of drug-likeness (QED) is 0.771. The Bertz CT molecular complexity index is 459. The summed E-state index contributed by atoms with van der Waals surface area (Å²) in [6, 6.07) is 3.36. The molecule has 7 nitrogen and oxygen atoms in total. The SMILES string of the molecule is CCNC(=O)c1ccc(N(CCC(=O)O)C(C)C)nn1. The zero-order chi connectivity index (χ0) is 15.1. The number of nitrogens with zero attached hydrogens (tertiary/aromatic N) is 3. The standard InChI is InChI=1S/C13H20N4O3/c1-4-14-13(20)10-5-6-11(16-15-10)17(9(2)3)8-7-12(18)19/h5-6,9H,4,7-8H2,1-3H3,(H,14,20)(H,18,19). The lowest BCUT2D eigenvalue weighted by Crippen LogP contribution is -2.34. The molecule has 0 fully saturated rings. The molecule has 0 aliphatic heterocycles. The number of hydrogen-bond acceptors (Lipinski definition) is 5. The molecule has 0 bridgehead atoms. The fourth-order valence-electron chi connectivity index (χ4n) is 1.70. The summed E-state index contributed by atoms with van der Waals surface area (Å²) in [7, 11) is 0. The molecule has 1 amide bonds. The highest BCUT2D eigenvalue weighted by atomic mass is 16.4. The van der Waals surface area contributed by atoms with Gasteiger partial charge in [0.2, 0.25) is 0 Å². The summed E-state index contributed by atoms with van der Waals surface area (Å²) in [5.41, 5.74) is 0.248. The van der Waals surface area contributed by atoms with Gasteiger partial charge in [0.1, 0.15) is 0 Å². The van der Waals surface area contributed by atoms with E-state index >= 15 is 0 Å². The van der Waals surface area contributed by atoms with Gasteiger partial charge in [-0.1, -0.05) is 0 Å². The fourth-order valence-corrected chi connectivity index (χ4v) is 1.70. The van der Waals surface area contributed by atoms with E-state index in [2.05, 4.69) is 15.5 Å². The smallest absolute Gasteiger partial charge is 0.305 e. The molecule has 110 valence electrons. The van der Waals surface area contributed by atoms with Crippen molar-refractivity contribution in [2.45, 2.75) is 33.2 Å². The van der Waals surface area contributed by atoms with E-state index in [0.717, 1.165) is 0 Å². The molecule has 2 N–H and O–H groups in total. The van der Waals surface area contributed by atoms with Gasteiger partial charge in [-0.15, -0.1) is 10.2 Å². The molecule has 0 unspecified atom stereocenters. The summed E-state index contributed by atoms with van der Waals surface area (Å²) in [4.78, 5) is 24.1. The molecule has 20 heavy (non-hydrogen) atoms. The van der Waals surface area contributed by atoms with Gasteiger partial charge in [-0.25, -0.2) is 0 Å². The zero-order valence-electron chi connectivity index (χ0n) is 12.0. The largest absolute Gasteiger partial charge is 0.481 e. The third kappa shape index (κ3) is 4.49. The van der Waals surface area contributed by atoms with Crippen molar-refractivity contribution in [3.05, 3.63) is 17.8 Å². The van der Waals surface area contributed by atoms with Crippen molar-refractivity contribution in [2.75, 3.05) is 18.0 Å². The first kappa shape index (κ1) is 15.9. The van der Waals surface area contributed by atoms with Crippen molar-refractivity contribution in [3.63, 3.8) is 0 Å². The van der Waals surface area contributed by atoms with Crippen LogP contribution in [0.2, 0.25) is 0 Å². The number of nitrogens with one attached hydrogen (secondary N) is 1. The van der Waals surface area contributed by atoms with Gasteiger partial charge in [0.15, 0.2) is 11.5 Å². The van der Waals surface area contributed by atoms with Crippen LogP contribution in [0.1, 0.15) is 37.7 Å². The van der Waals surface area contributed by atoms with Gasteiger partial charge in [0.05, 0.1) is 6.42 Å². The maximum atomic E-state index is 11.6. The molecule has 7 heteroatoms. The maximum absolute atomic E-state index is 11.6. The first-order chi connectivity index (χ1) is 9.45. The van der Waals surface area contributed by atoms with E-state index in [1.165, 1.54) is 0 Å². The van der Waals surface area contributed by atoms with E-state index in [4.69, 9.17) is 5.11 Å². The average molecular weight is 280 g/mol. The number of carboxylic acids is 1. The Hall–Kier alpha value is -2.18. The van der Waals surface area contributed by atoms with Gasteiger partial charge in [0, 0.05) is 19.1 Å². The number of amides is 1. The first-order valence-electron chi connectivity index (χ1n) is 6.56. The molecule has 0 aliphatic rings. The lowest BCUT2D eigenvalue weighted by atomic mass is 10.2. The summed E-state index contributed by atoms with van der Waals surface area (Å²) in [6.07, 6.45) is 0.0257. The van der Waals surface area contributed by atoms with Crippen molar-refractivity contribution in [2.24, 2.45) is 0 Å². The van der Waals surface area contributed by atoms with Crippen LogP contribution in [-0.4, -0.2) is 46.3 Å². The second-order valence-electron chi connectivity index (χ2n) is 4.57. The summed E-state index contributed by atoms with van der Waals surface area (Å²) < 4.78 is 0. The normalized spacial score (nSPS) is 10.4. The van der Waals surface area contributed by atoms with E-state index in [-0.39, 0.29) is 24.1 Å². The monoisotopic (exact) mass is 280 g/mol. The Labute approximate surface area is 118 Å². The lowest BCUT2D eigenvalue weighted by molar-refractivity contribution is -0.136. The average Bonchev–Trinajstić information content (AvgIpc) is 2.39. The van der Waals surface area contributed by atoms with Crippen molar-refractivity contribution < 1.29 is 14.7 Å². The van der Waals surface area contributed by atoms with Crippen LogP contribution < -0.4 is 10.2 Å². The Morgan fingerprint density at radius 3 is 2.50 bits per heavy atom. The lowest BCUT2D eigenvalue weighted by Gasteiger charge is -2.26. The van der Waals surface area contributed by atoms with Crippen LogP contribution in [0.5, 0.6) is 0 Å². The molecule has 0 radical (unpaired) electrons. The number of aromatic nitrogens is 2. The fraction of sp³-hybridized carbons (Fsp3) is 0.538. The van der Waals surface area contributed by atoms with Crippen LogP contribution in [0.3, 0.4) is 0 Å². The zero-order valence-corrected chi connectivity index (χ0v) is 12.0. The molecular formula is C13H20N4O3. The third-order valence-electron chi connectivity index (χ3n) is 2.70. The minimum atomic E-state index is -0.859. The molecular weight excluding hydrogens is 260 g/mol. The molecule has 1 aromatic heterocycles. The van der Waals surface area contributed by atoms with Gasteiger partial charge in [-0.3, -0.25) is 9.59 Å². The van der Waals surface area contributed by atoms with E-state index in [9.17, 15) is 9.59 Å². The summed E-state index contributed by atoms with van der Waals surface area (Å²) in [5.74, 6) is -0.565. The van der Waals surface area contributed by atoms with Crippen LogP contribution >= 0.6 is 0 Å². The Kier molecular flexibility index (Phi) is 5.89. The van der Waals surface area contributed by atoms with Crippen LogP contribution in [-0.2, 0) is 4.79 Å². The first-order valence-corrected chi connectivity index (χ1v) is 6.56. The Morgan fingerprint density at radius 2 is 2.05 bits per heavy atom. The molecule has 0 aliphatic carbocycles. The highest BCUT2D eigenvalue weighted by Crippen LogP contribution is 2.13. The topological polar surface area (TPSA) is 95.4 Å². The van der Waals surface area contributed by atoms with E-state index in [0.29, 0.717) is 18.9 Å². The van der Waals surface area contributed by atoms with E-state index < -0.39 is 5.97 Å². The summed E-state index contributed by atoms with van der Waals surface area (Å²) in [6.45, 7) is 6.59. The van der Waals surface area contributed by atoms with E-state index in [1.807, 2.05) is 25.7 Å². The van der Waals surface area contributed by atoms with Gasteiger partial charge < -0.3 is 15.3 Å². The molecule has 0 aromatic carbocycles. The second-order valence-corrected chi connectivity index (χ2v) is 4.57. The number of carbonyl (C=O) groups is 2. The number of carbonyl (C=O) groups excluding carboxylic acids is 1. The van der Waals surface area contributed by atoms with Crippen molar-refractivity contribution >= 4 is 17.7 Å². The molecule has 0 atom stereocenters. The van der Waals surface area contributed by atoms with Gasteiger partial charge in [-0.05, 0) is 32.9 Å².